The van der Waals surface area contributed by atoms with Crippen LogP contribution in [0.4, 0.5) is 0 Å². The predicted molar refractivity (Wildman–Crippen MR) is 79.0 cm³/mol. The molecule has 19 heavy (non-hydrogen) atoms. The highest BCUT2D eigenvalue weighted by Gasteiger charge is 2.19. The van der Waals surface area contributed by atoms with Crippen molar-refractivity contribution in [2.24, 2.45) is 5.92 Å². The van der Waals surface area contributed by atoms with Crippen molar-refractivity contribution in [3.05, 3.63) is 18.0 Å². The average molecular weight is 264 g/mol. The van der Waals surface area contributed by atoms with Gasteiger partial charge in [-0.25, -0.2) is 0 Å². The van der Waals surface area contributed by atoms with Gasteiger partial charge in [0.05, 0.1) is 5.69 Å². The van der Waals surface area contributed by atoms with Crippen molar-refractivity contribution < 1.29 is 0 Å². The fourth-order valence-electron chi connectivity index (χ4n) is 2.95. The molecule has 1 aromatic rings. The van der Waals surface area contributed by atoms with Crippen LogP contribution in [0, 0.1) is 5.92 Å². The maximum Gasteiger partial charge on any atom is 0.0524 e. The van der Waals surface area contributed by atoms with Crippen LogP contribution in [0.15, 0.2) is 12.3 Å². The SMILES string of the molecule is CCn1nccc1CN(CC(C)C)CC1CCCN1. The van der Waals surface area contributed by atoms with Gasteiger partial charge in [0, 0.05) is 38.4 Å². The zero-order valence-electron chi connectivity index (χ0n) is 12.6. The highest BCUT2D eigenvalue weighted by atomic mass is 15.3. The number of hydrogen-bond donors (Lipinski definition) is 1. The lowest BCUT2D eigenvalue weighted by Crippen LogP contribution is -2.39. The lowest BCUT2D eigenvalue weighted by atomic mass is 10.1. The highest BCUT2D eigenvalue weighted by molar-refractivity contribution is 5.00. The van der Waals surface area contributed by atoms with Gasteiger partial charge in [-0.1, -0.05) is 13.8 Å². The van der Waals surface area contributed by atoms with Crippen LogP contribution in [0.1, 0.15) is 39.3 Å². The Labute approximate surface area is 117 Å². The van der Waals surface area contributed by atoms with E-state index in [2.05, 4.69) is 46.8 Å². The Kier molecular flexibility index (Phi) is 5.40. The molecular weight excluding hydrogens is 236 g/mol. The van der Waals surface area contributed by atoms with Gasteiger partial charge in [-0.15, -0.1) is 0 Å². The van der Waals surface area contributed by atoms with Crippen LogP contribution in [0.5, 0.6) is 0 Å². The summed E-state index contributed by atoms with van der Waals surface area (Å²) in [5.74, 6) is 0.708. The number of aromatic nitrogens is 2. The van der Waals surface area contributed by atoms with Gasteiger partial charge < -0.3 is 5.32 Å². The smallest absolute Gasteiger partial charge is 0.0524 e. The summed E-state index contributed by atoms with van der Waals surface area (Å²) < 4.78 is 2.11. The number of nitrogens with zero attached hydrogens (tertiary/aromatic N) is 3. The molecule has 1 aliphatic rings. The second kappa shape index (κ2) is 7.06. The summed E-state index contributed by atoms with van der Waals surface area (Å²) in [5.41, 5.74) is 1.33. The van der Waals surface area contributed by atoms with Crippen molar-refractivity contribution in [3.63, 3.8) is 0 Å². The molecule has 0 amide bonds. The van der Waals surface area contributed by atoms with E-state index in [1.165, 1.54) is 25.1 Å². The van der Waals surface area contributed by atoms with E-state index < -0.39 is 0 Å². The third-order valence-electron chi connectivity index (χ3n) is 3.75. The molecule has 0 radical (unpaired) electrons. The maximum absolute atomic E-state index is 4.37. The second-order valence-corrected chi connectivity index (χ2v) is 6.02. The van der Waals surface area contributed by atoms with E-state index in [4.69, 9.17) is 0 Å². The first-order valence-electron chi connectivity index (χ1n) is 7.65. The molecule has 1 N–H and O–H groups in total. The minimum absolute atomic E-state index is 0.678. The van der Waals surface area contributed by atoms with Gasteiger partial charge in [-0.2, -0.15) is 5.10 Å². The molecule has 1 fully saturated rings. The molecule has 1 saturated heterocycles. The molecule has 2 rings (SSSR count). The molecule has 0 bridgehead atoms. The van der Waals surface area contributed by atoms with Crippen molar-refractivity contribution in [3.8, 4) is 0 Å². The summed E-state index contributed by atoms with van der Waals surface area (Å²) in [4.78, 5) is 2.58. The highest BCUT2D eigenvalue weighted by Crippen LogP contribution is 2.12. The minimum Gasteiger partial charge on any atom is -0.313 e. The molecule has 1 aliphatic heterocycles. The summed E-state index contributed by atoms with van der Waals surface area (Å²) in [7, 11) is 0. The third-order valence-corrected chi connectivity index (χ3v) is 3.75. The first-order valence-corrected chi connectivity index (χ1v) is 7.65. The number of aryl methyl sites for hydroxylation is 1. The van der Waals surface area contributed by atoms with Gasteiger partial charge in [0.15, 0.2) is 0 Å². The average Bonchev–Trinajstić information content (AvgIpc) is 2.99. The fraction of sp³-hybridized carbons (Fsp3) is 0.800. The van der Waals surface area contributed by atoms with E-state index in [0.717, 1.165) is 26.2 Å². The molecule has 0 aromatic carbocycles. The van der Waals surface area contributed by atoms with Crippen LogP contribution < -0.4 is 5.32 Å². The van der Waals surface area contributed by atoms with E-state index >= 15 is 0 Å². The first kappa shape index (κ1) is 14.5. The fourth-order valence-corrected chi connectivity index (χ4v) is 2.95. The zero-order valence-corrected chi connectivity index (χ0v) is 12.6. The normalized spacial score (nSPS) is 19.7. The molecule has 1 unspecified atom stereocenters. The Bertz CT molecular complexity index is 366. The van der Waals surface area contributed by atoms with E-state index in [9.17, 15) is 0 Å². The summed E-state index contributed by atoms with van der Waals surface area (Å²) in [6, 6.07) is 2.83. The molecule has 4 nitrogen and oxygen atoms in total. The molecule has 2 heterocycles. The lowest BCUT2D eigenvalue weighted by Gasteiger charge is -2.27. The standard InChI is InChI=1S/C15H28N4/c1-4-19-15(7-9-17-19)12-18(10-13(2)3)11-14-6-5-8-16-14/h7,9,13-14,16H,4-6,8,10-12H2,1-3H3. The molecule has 0 aliphatic carbocycles. The topological polar surface area (TPSA) is 33.1 Å². The quantitative estimate of drug-likeness (QED) is 0.819. The van der Waals surface area contributed by atoms with E-state index in [0.29, 0.717) is 12.0 Å². The maximum atomic E-state index is 4.37. The monoisotopic (exact) mass is 264 g/mol. The zero-order chi connectivity index (χ0) is 13.7. The summed E-state index contributed by atoms with van der Waals surface area (Å²) in [5, 5.41) is 7.98. The van der Waals surface area contributed by atoms with Gasteiger partial charge in [-0.05, 0) is 38.3 Å². The Morgan fingerprint density at radius 2 is 2.37 bits per heavy atom. The van der Waals surface area contributed by atoms with Crippen LogP contribution in [-0.4, -0.2) is 40.4 Å². The second-order valence-electron chi connectivity index (χ2n) is 6.02. The van der Waals surface area contributed by atoms with Crippen molar-refractivity contribution in [1.82, 2.24) is 20.0 Å². The minimum atomic E-state index is 0.678. The molecule has 1 aromatic heterocycles. The Balaban J connectivity index is 1.96. The number of nitrogens with one attached hydrogen (secondary N) is 1. The number of rotatable bonds is 7. The predicted octanol–water partition coefficient (Wildman–Crippen LogP) is 2.11. The molecule has 4 heteroatoms. The first-order chi connectivity index (χ1) is 9.19. The Morgan fingerprint density at radius 3 is 3.00 bits per heavy atom. The summed E-state index contributed by atoms with van der Waals surface area (Å²) >= 11 is 0. The Hall–Kier alpha value is -0.870. The van der Waals surface area contributed by atoms with Crippen LogP contribution in [0.3, 0.4) is 0 Å². The largest absolute Gasteiger partial charge is 0.313 e. The van der Waals surface area contributed by atoms with E-state index in [1.807, 2.05) is 6.20 Å². The molecular formula is C15H28N4. The van der Waals surface area contributed by atoms with Gasteiger partial charge >= 0.3 is 0 Å². The van der Waals surface area contributed by atoms with Gasteiger partial charge in [0.1, 0.15) is 0 Å². The van der Waals surface area contributed by atoms with Crippen molar-refractivity contribution >= 4 is 0 Å². The van der Waals surface area contributed by atoms with Gasteiger partial charge in [0.25, 0.3) is 0 Å². The summed E-state index contributed by atoms with van der Waals surface area (Å²) in [6.45, 7) is 12.2. The van der Waals surface area contributed by atoms with Gasteiger partial charge in [0.2, 0.25) is 0 Å². The van der Waals surface area contributed by atoms with E-state index in [1.54, 1.807) is 0 Å². The summed E-state index contributed by atoms with van der Waals surface area (Å²) in [6.07, 6.45) is 4.56. The lowest BCUT2D eigenvalue weighted by molar-refractivity contribution is 0.210. The molecule has 108 valence electrons. The van der Waals surface area contributed by atoms with Crippen LogP contribution in [0.25, 0.3) is 0 Å². The van der Waals surface area contributed by atoms with Crippen LogP contribution in [0.2, 0.25) is 0 Å². The van der Waals surface area contributed by atoms with Crippen LogP contribution in [-0.2, 0) is 13.1 Å². The Morgan fingerprint density at radius 1 is 1.53 bits per heavy atom. The van der Waals surface area contributed by atoms with E-state index in [-0.39, 0.29) is 0 Å². The third kappa shape index (κ3) is 4.32. The molecule has 0 saturated carbocycles. The van der Waals surface area contributed by atoms with Gasteiger partial charge in [-0.3, -0.25) is 9.58 Å². The molecule has 0 spiro atoms. The van der Waals surface area contributed by atoms with Crippen molar-refractivity contribution in [2.75, 3.05) is 19.6 Å². The van der Waals surface area contributed by atoms with Crippen molar-refractivity contribution in [2.45, 2.75) is 52.7 Å². The molecule has 1 atom stereocenters. The number of hydrogen-bond acceptors (Lipinski definition) is 3. The van der Waals surface area contributed by atoms with Crippen LogP contribution >= 0.6 is 0 Å². The van der Waals surface area contributed by atoms with Crippen molar-refractivity contribution in [1.29, 1.82) is 0 Å².